The molecule has 0 bridgehead atoms. The van der Waals surface area contributed by atoms with Crippen LogP contribution in [0.25, 0.3) is 0 Å². The van der Waals surface area contributed by atoms with Crippen LogP contribution in [0.5, 0.6) is 11.5 Å². The molecule has 19 heavy (non-hydrogen) atoms. The number of nitrogens with zero attached hydrogens (tertiary/aromatic N) is 1. The van der Waals surface area contributed by atoms with Crippen LogP contribution < -0.4 is 15.8 Å². The number of nitrogens with two attached hydrogens (primary N) is 1. The first-order valence-electron chi connectivity index (χ1n) is 6.06. The number of nitrogens with one attached hydrogen (secondary N) is 1. The van der Waals surface area contributed by atoms with E-state index in [1.807, 2.05) is 25.2 Å². The third kappa shape index (κ3) is 3.32. The third-order valence-electron chi connectivity index (χ3n) is 2.56. The Morgan fingerprint density at radius 1 is 1.37 bits per heavy atom. The maximum atomic E-state index is 5.82. The zero-order valence-electron chi connectivity index (χ0n) is 11.0. The molecule has 5 heteroatoms. The molecule has 0 amide bonds. The molecular weight excluding hydrogens is 258 g/mol. The van der Waals surface area contributed by atoms with Gasteiger partial charge >= 0.3 is 0 Å². The minimum atomic E-state index is 0.532. The standard InChI is InChI=1S/C14H17N3OS/c1-3-19-14-8-10(4-5-12(14)16-2)18-13-6-7-17-9-11(13)15/h4-9,16H,3,15H2,1-2H3. The van der Waals surface area contributed by atoms with Gasteiger partial charge in [-0.25, -0.2) is 0 Å². The minimum absolute atomic E-state index is 0.532. The Morgan fingerprint density at radius 2 is 2.21 bits per heavy atom. The van der Waals surface area contributed by atoms with E-state index >= 15 is 0 Å². The van der Waals surface area contributed by atoms with Gasteiger partial charge in [0, 0.05) is 29.9 Å². The van der Waals surface area contributed by atoms with Crippen LogP contribution in [0.15, 0.2) is 41.6 Å². The number of nitrogen functional groups attached to an aromatic ring is 1. The highest BCUT2D eigenvalue weighted by Gasteiger charge is 2.06. The van der Waals surface area contributed by atoms with E-state index < -0.39 is 0 Å². The Morgan fingerprint density at radius 3 is 2.89 bits per heavy atom. The van der Waals surface area contributed by atoms with Gasteiger partial charge < -0.3 is 15.8 Å². The lowest BCUT2D eigenvalue weighted by Gasteiger charge is -2.12. The Bertz CT molecular complexity index is 560. The molecule has 1 aromatic carbocycles. The van der Waals surface area contributed by atoms with Crippen molar-refractivity contribution < 1.29 is 4.74 Å². The Balaban J connectivity index is 2.26. The lowest BCUT2D eigenvalue weighted by Crippen LogP contribution is -1.95. The maximum absolute atomic E-state index is 5.82. The van der Waals surface area contributed by atoms with Crippen LogP contribution in [0.2, 0.25) is 0 Å². The van der Waals surface area contributed by atoms with E-state index in [2.05, 4.69) is 17.2 Å². The van der Waals surface area contributed by atoms with Crippen molar-refractivity contribution in [3.05, 3.63) is 36.7 Å². The molecule has 2 aromatic rings. The number of pyridine rings is 1. The number of hydrogen-bond donors (Lipinski definition) is 2. The smallest absolute Gasteiger partial charge is 0.153 e. The first kappa shape index (κ1) is 13.5. The zero-order chi connectivity index (χ0) is 13.7. The lowest BCUT2D eigenvalue weighted by atomic mass is 10.3. The van der Waals surface area contributed by atoms with Gasteiger partial charge in [0.05, 0.1) is 11.9 Å². The van der Waals surface area contributed by atoms with E-state index in [1.54, 1.807) is 30.2 Å². The molecule has 0 saturated carbocycles. The molecule has 2 rings (SSSR count). The molecule has 0 unspecified atom stereocenters. The average molecular weight is 275 g/mol. The minimum Gasteiger partial charge on any atom is -0.455 e. The molecule has 0 fully saturated rings. The van der Waals surface area contributed by atoms with Gasteiger partial charge in [0.15, 0.2) is 5.75 Å². The largest absolute Gasteiger partial charge is 0.455 e. The summed E-state index contributed by atoms with van der Waals surface area (Å²) in [6.07, 6.45) is 3.24. The second-order valence-electron chi connectivity index (χ2n) is 3.86. The van der Waals surface area contributed by atoms with Gasteiger partial charge in [-0.15, -0.1) is 11.8 Å². The first-order chi connectivity index (χ1) is 9.24. The van der Waals surface area contributed by atoms with Gasteiger partial charge in [0.1, 0.15) is 5.75 Å². The molecule has 0 spiro atoms. The van der Waals surface area contributed by atoms with Gasteiger partial charge in [-0.1, -0.05) is 6.92 Å². The van der Waals surface area contributed by atoms with Crippen LogP contribution >= 0.6 is 11.8 Å². The molecule has 0 atom stereocenters. The monoisotopic (exact) mass is 275 g/mol. The molecule has 0 radical (unpaired) electrons. The first-order valence-corrected chi connectivity index (χ1v) is 7.05. The fourth-order valence-electron chi connectivity index (χ4n) is 1.66. The van der Waals surface area contributed by atoms with Crippen LogP contribution in [0.4, 0.5) is 11.4 Å². The van der Waals surface area contributed by atoms with Gasteiger partial charge in [-0.05, 0) is 24.0 Å². The molecule has 0 aliphatic carbocycles. The van der Waals surface area contributed by atoms with Crippen molar-refractivity contribution in [3.8, 4) is 11.5 Å². The van der Waals surface area contributed by atoms with Gasteiger partial charge in [0.2, 0.25) is 0 Å². The van der Waals surface area contributed by atoms with Crippen molar-refractivity contribution in [1.29, 1.82) is 0 Å². The number of anilines is 2. The Labute approximate surface area is 117 Å². The van der Waals surface area contributed by atoms with Crippen molar-refractivity contribution in [3.63, 3.8) is 0 Å². The second-order valence-corrected chi connectivity index (χ2v) is 5.16. The normalized spacial score (nSPS) is 10.2. The Hall–Kier alpha value is -1.88. The number of thioether (sulfide) groups is 1. The van der Waals surface area contributed by atoms with E-state index in [0.717, 1.165) is 22.1 Å². The highest BCUT2D eigenvalue weighted by Crippen LogP contribution is 2.33. The summed E-state index contributed by atoms with van der Waals surface area (Å²) in [4.78, 5) is 5.10. The maximum Gasteiger partial charge on any atom is 0.153 e. The van der Waals surface area contributed by atoms with E-state index in [1.165, 1.54) is 0 Å². The topological polar surface area (TPSA) is 60.2 Å². The molecule has 4 nitrogen and oxygen atoms in total. The van der Waals surface area contributed by atoms with Crippen molar-refractivity contribution in [2.45, 2.75) is 11.8 Å². The zero-order valence-corrected chi connectivity index (χ0v) is 11.8. The molecule has 100 valence electrons. The number of rotatable bonds is 5. The van der Waals surface area contributed by atoms with Crippen LogP contribution in [-0.2, 0) is 0 Å². The predicted octanol–water partition coefficient (Wildman–Crippen LogP) is 3.61. The summed E-state index contributed by atoms with van der Waals surface area (Å²) in [6.45, 7) is 2.12. The fourth-order valence-corrected chi connectivity index (χ4v) is 2.50. The van der Waals surface area contributed by atoms with Crippen molar-refractivity contribution in [1.82, 2.24) is 4.98 Å². The van der Waals surface area contributed by atoms with Crippen molar-refractivity contribution in [2.24, 2.45) is 0 Å². The van der Waals surface area contributed by atoms with E-state index in [9.17, 15) is 0 Å². The quantitative estimate of drug-likeness (QED) is 0.816. The molecule has 1 heterocycles. The highest BCUT2D eigenvalue weighted by molar-refractivity contribution is 7.99. The summed E-state index contributed by atoms with van der Waals surface area (Å²) in [7, 11) is 1.91. The summed E-state index contributed by atoms with van der Waals surface area (Å²) < 4.78 is 5.79. The van der Waals surface area contributed by atoms with E-state index in [-0.39, 0.29) is 0 Å². The number of ether oxygens (including phenoxy) is 1. The number of benzene rings is 1. The summed E-state index contributed by atoms with van der Waals surface area (Å²) in [5, 5.41) is 3.17. The van der Waals surface area contributed by atoms with Crippen LogP contribution in [0.1, 0.15) is 6.92 Å². The highest BCUT2D eigenvalue weighted by atomic mass is 32.2. The van der Waals surface area contributed by atoms with E-state index in [0.29, 0.717) is 11.4 Å². The van der Waals surface area contributed by atoms with E-state index in [4.69, 9.17) is 10.5 Å². The summed E-state index contributed by atoms with van der Waals surface area (Å²) in [5.74, 6) is 2.41. The van der Waals surface area contributed by atoms with Gasteiger partial charge in [0.25, 0.3) is 0 Å². The summed E-state index contributed by atoms with van der Waals surface area (Å²) in [6, 6.07) is 7.70. The van der Waals surface area contributed by atoms with Crippen molar-refractivity contribution in [2.75, 3.05) is 23.9 Å². The summed E-state index contributed by atoms with van der Waals surface area (Å²) >= 11 is 1.77. The summed E-state index contributed by atoms with van der Waals surface area (Å²) in [5.41, 5.74) is 7.45. The van der Waals surface area contributed by atoms with Gasteiger partial charge in [-0.3, -0.25) is 4.98 Å². The number of aromatic nitrogens is 1. The molecule has 0 aliphatic heterocycles. The van der Waals surface area contributed by atoms with Crippen LogP contribution in [0.3, 0.4) is 0 Å². The third-order valence-corrected chi connectivity index (χ3v) is 3.50. The predicted molar refractivity (Wildman–Crippen MR) is 81.1 cm³/mol. The fraction of sp³-hybridized carbons (Fsp3) is 0.214. The molecule has 0 saturated heterocycles. The molecule has 3 N–H and O–H groups in total. The van der Waals surface area contributed by atoms with Crippen LogP contribution in [0, 0.1) is 0 Å². The molecule has 1 aromatic heterocycles. The molecule has 0 aliphatic rings. The van der Waals surface area contributed by atoms with Crippen molar-refractivity contribution >= 4 is 23.1 Å². The average Bonchev–Trinajstić information content (AvgIpc) is 2.42. The Kier molecular flexibility index (Phi) is 4.52. The lowest BCUT2D eigenvalue weighted by molar-refractivity contribution is 0.483. The SMILES string of the molecule is CCSc1cc(Oc2ccncc2N)ccc1NC. The van der Waals surface area contributed by atoms with Gasteiger partial charge in [-0.2, -0.15) is 0 Å². The molecular formula is C14H17N3OS. The number of hydrogen-bond acceptors (Lipinski definition) is 5. The second kappa shape index (κ2) is 6.33. The van der Waals surface area contributed by atoms with Crippen LogP contribution in [-0.4, -0.2) is 17.8 Å².